The van der Waals surface area contributed by atoms with Crippen molar-refractivity contribution >= 4 is 15.9 Å². The van der Waals surface area contributed by atoms with Gasteiger partial charge in [0, 0.05) is 13.1 Å². The van der Waals surface area contributed by atoms with Gasteiger partial charge in [-0.15, -0.1) is 0 Å². The molecule has 1 atom stereocenters. The van der Waals surface area contributed by atoms with Crippen LogP contribution in [0.5, 0.6) is 0 Å². The molecule has 9 heteroatoms. The van der Waals surface area contributed by atoms with Gasteiger partial charge in [-0.2, -0.15) is 9.29 Å². The maximum atomic E-state index is 12.1. The molecule has 0 radical (unpaired) electrons. The summed E-state index contributed by atoms with van der Waals surface area (Å²) in [4.78, 5) is 14.3. The highest BCUT2D eigenvalue weighted by Gasteiger charge is 2.40. The molecule has 0 saturated carbocycles. The molecule has 1 aliphatic heterocycles. The minimum absolute atomic E-state index is 0.0381. The number of aliphatic hydroxyl groups is 1. The highest BCUT2D eigenvalue weighted by molar-refractivity contribution is 7.88. The van der Waals surface area contributed by atoms with E-state index in [0.29, 0.717) is 6.42 Å². The Bertz CT molecular complexity index is 577. The molecular formula is C9H13N3O5S. The lowest BCUT2D eigenvalue weighted by molar-refractivity contribution is 0.0761. The first-order chi connectivity index (χ1) is 8.22. The molecule has 0 spiro atoms. The van der Waals surface area contributed by atoms with Crippen molar-refractivity contribution in [2.75, 3.05) is 13.1 Å². The number of primary amides is 1. The number of oxazole rings is 1. The molecule has 8 nitrogen and oxygen atoms in total. The molecular weight excluding hydrogens is 262 g/mol. The fraction of sp³-hybridized carbons (Fsp3) is 0.556. The minimum atomic E-state index is -3.93. The zero-order valence-electron chi connectivity index (χ0n) is 9.66. The Balaban J connectivity index is 2.28. The third-order valence-electron chi connectivity index (χ3n) is 2.71. The number of aromatic nitrogens is 1. The first-order valence-corrected chi connectivity index (χ1v) is 6.64. The summed E-state index contributed by atoms with van der Waals surface area (Å²) in [6.45, 7) is 1.68. The fourth-order valence-electron chi connectivity index (χ4n) is 1.71. The van der Waals surface area contributed by atoms with Crippen molar-refractivity contribution < 1.29 is 22.7 Å². The van der Waals surface area contributed by atoms with Crippen LogP contribution >= 0.6 is 0 Å². The Morgan fingerprint density at radius 3 is 2.78 bits per heavy atom. The Morgan fingerprint density at radius 2 is 2.33 bits per heavy atom. The first kappa shape index (κ1) is 13.0. The van der Waals surface area contributed by atoms with Crippen molar-refractivity contribution in [3.05, 3.63) is 12.0 Å². The summed E-state index contributed by atoms with van der Waals surface area (Å²) in [5.41, 5.74) is 3.64. The zero-order chi connectivity index (χ0) is 13.6. The Labute approximate surface area is 103 Å². The Kier molecular flexibility index (Phi) is 2.92. The van der Waals surface area contributed by atoms with Crippen molar-refractivity contribution in [1.29, 1.82) is 0 Å². The van der Waals surface area contributed by atoms with Gasteiger partial charge in [0.2, 0.25) is 0 Å². The van der Waals surface area contributed by atoms with E-state index < -0.39 is 26.8 Å². The molecule has 1 aliphatic rings. The maximum absolute atomic E-state index is 12.1. The Morgan fingerprint density at radius 1 is 1.67 bits per heavy atom. The predicted molar refractivity (Wildman–Crippen MR) is 59.0 cm³/mol. The molecule has 0 aliphatic carbocycles. The van der Waals surface area contributed by atoms with Crippen LogP contribution in [0.15, 0.2) is 15.9 Å². The minimum Gasteiger partial charge on any atom is -0.435 e. The summed E-state index contributed by atoms with van der Waals surface area (Å²) < 4.78 is 29.9. The second-order valence-electron chi connectivity index (χ2n) is 4.45. The van der Waals surface area contributed by atoms with E-state index in [1.807, 2.05) is 0 Å². The van der Waals surface area contributed by atoms with Crippen LogP contribution in [-0.2, 0) is 10.0 Å². The van der Waals surface area contributed by atoms with E-state index in [-0.39, 0.29) is 18.8 Å². The average Bonchev–Trinajstić information content (AvgIpc) is 2.84. The highest BCUT2D eigenvalue weighted by atomic mass is 32.2. The van der Waals surface area contributed by atoms with Crippen molar-refractivity contribution in [2.24, 2.45) is 5.73 Å². The van der Waals surface area contributed by atoms with Gasteiger partial charge in [-0.05, 0) is 13.3 Å². The summed E-state index contributed by atoms with van der Waals surface area (Å²) in [6, 6.07) is 0. The largest absolute Gasteiger partial charge is 0.435 e. The summed E-state index contributed by atoms with van der Waals surface area (Å²) in [7, 11) is -3.93. The van der Waals surface area contributed by atoms with Crippen molar-refractivity contribution in [3.63, 3.8) is 0 Å². The number of rotatable bonds is 3. The number of hydrogen-bond donors (Lipinski definition) is 2. The van der Waals surface area contributed by atoms with Crippen LogP contribution in [-0.4, -0.2) is 47.4 Å². The van der Waals surface area contributed by atoms with Crippen LogP contribution in [0.4, 0.5) is 0 Å². The van der Waals surface area contributed by atoms with Crippen molar-refractivity contribution in [2.45, 2.75) is 24.2 Å². The number of carbonyl (C=O) groups is 1. The number of nitrogens with two attached hydrogens (primary N) is 1. The van der Waals surface area contributed by atoms with Gasteiger partial charge in [0.05, 0.1) is 5.60 Å². The summed E-state index contributed by atoms with van der Waals surface area (Å²) in [6.07, 6.45) is 1.22. The van der Waals surface area contributed by atoms with Crippen molar-refractivity contribution in [1.82, 2.24) is 9.29 Å². The summed E-state index contributed by atoms with van der Waals surface area (Å²) in [5.74, 6) is -0.867. The Hall–Kier alpha value is -1.45. The summed E-state index contributed by atoms with van der Waals surface area (Å²) >= 11 is 0. The molecule has 0 bridgehead atoms. The lowest BCUT2D eigenvalue weighted by atomic mass is 10.1. The van der Waals surface area contributed by atoms with Crippen LogP contribution in [0.3, 0.4) is 0 Å². The highest BCUT2D eigenvalue weighted by Crippen LogP contribution is 2.26. The van der Waals surface area contributed by atoms with E-state index in [4.69, 9.17) is 10.2 Å². The zero-order valence-corrected chi connectivity index (χ0v) is 10.5. The topological polar surface area (TPSA) is 127 Å². The number of carbonyl (C=O) groups excluding carboxylic acids is 1. The van der Waals surface area contributed by atoms with E-state index in [0.717, 1.165) is 10.6 Å². The molecule has 1 aromatic rings. The second kappa shape index (κ2) is 4.04. The molecule has 2 rings (SSSR count). The molecule has 1 amide bonds. The standard InChI is InChI=1S/C9H13N3O5S/c1-9(14)2-3-12(5-9)18(15,16)8-11-6(4-17-8)7(10)13/h4,14H,2-3,5H2,1H3,(H2,10,13). The van der Waals surface area contributed by atoms with E-state index in [2.05, 4.69) is 4.98 Å². The molecule has 3 N–H and O–H groups in total. The van der Waals surface area contributed by atoms with E-state index >= 15 is 0 Å². The van der Waals surface area contributed by atoms with Gasteiger partial charge in [-0.25, -0.2) is 8.42 Å². The second-order valence-corrected chi connectivity index (χ2v) is 6.26. The molecule has 18 heavy (non-hydrogen) atoms. The van der Waals surface area contributed by atoms with Gasteiger partial charge in [-0.1, -0.05) is 0 Å². The smallest absolute Gasteiger partial charge is 0.331 e. The third kappa shape index (κ3) is 2.24. The molecule has 1 unspecified atom stereocenters. The van der Waals surface area contributed by atoms with E-state index in [1.165, 1.54) is 0 Å². The van der Waals surface area contributed by atoms with Crippen LogP contribution in [0.25, 0.3) is 0 Å². The van der Waals surface area contributed by atoms with Gasteiger partial charge in [0.15, 0.2) is 5.69 Å². The summed E-state index contributed by atoms with van der Waals surface area (Å²) in [5, 5.41) is 9.15. The molecule has 1 fully saturated rings. The number of β-amino-alcohol motifs (C(OH)–C–C–N with tert-alkyl or cyclic N) is 1. The number of nitrogens with zero attached hydrogens (tertiary/aromatic N) is 2. The van der Waals surface area contributed by atoms with Crippen molar-refractivity contribution in [3.8, 4) is 0 Å². The van der Waals surface area contributed by atoms with Gasteiger partial charge in [-0.3, -0.25) is 4.79 Å². The van der Waals surface area contributed by atoms with Gasteiger partial charge in [0.1, 0.15) is 6.26 Å². The van der Waals surface area contributed by atoms with Gasteiger partial charge >= 0.3 is 5.22 Å². The number of hydrogen-bond acceptors (Lipinski definition) is 6. The first-order valence-electron chi connectivity index (χ1n) is 5.20. The lowest BCUT2D eigenvalue weighted by Crippen LogP contribution is -2.34. The van der Waals surface area contributed by atoms with Crippen LogP contribution in [0.2, 0.25) is 0 Å². The number of sulfonamides is 1. The molecule has 1 saturated heterocycles. The SMILES string of the molecule is CC1(O)CCN(S(=O)(=O)c2nc(C(N)=O)co2)C1. The average molecular weight is 275 g/mol. The van der Waals surface area contributed by atoms with E-state index in [9.17, 15) is 18.3 Å². The molecule has 100 valence electrons. The normalized spacial score (nSPS) is 25.4. The number of amides is 1. The van der Waals surface area contributed by atoms with Crippen LogP contribution in [0, 0.1) is 0 Å². The monoisotopic (exact) mass is 275 g/mol. The van der Waals surface area contributed by atoms with Gasteiger partial charge in [0.25, 0.3) is 15.9 Å². The fourth-order valence-corrected chi connectivity index (χ4v) is 3.09. The third-order valence-corrected chi connectivity index (χ3v) is 4.33. The maximum Gasteiger partial charge on any atom is 0.331 e. The predicted octanol–water partition coefficient (Wildman–Crippen LogP) is -1.08. The molecule has 0 aromatic carbocycles. The van der Waals surface area contributed by atoms with E-state index in [1.54, 1.807) is 6.92 Å². The van der Waals surface area contributed by atoms with Gasteiger partial charge < -0.3 is 15.3 Å². The van der Waals surface area contributed by atoms with Crippen LogP contribution < -0.4 is 5.73 Å². The van der Waals surface area contributed by atoms with Crippen LogP contribution in [0.1, 0.15) is 23.8 Å². The molecule has 1 aromatic heterocycles. The lowest BCUT2D eigenvalue weighted by Gasteiger charge is -2.16. The molecule has 2 heterocycles. The quantitative estimate of drug-likeness (QED) is 0.722.